The van der Waals surface area contributed by atoms with E-state index < -0.39 is 10.0 Å². The fourth-order valence-electron chi connectivity index (χ4n) is 3.76. The number of amides is 1. The van der Waals surface area contributed by atoms with E-state index >= 15 is 0 Å². The molecule has 0 N–H and O–H groups in total. The first kappa shape index (κ1) is 21.4. The summed E-state index contributed by atoms with van der Waals surface area (Å²) in [7, 11) is -3.87. The summed E-state index contributed by atoms with van der Waals surface area (Å²) in [6.07, 6.45) is 2.06. The van der Waals surface area contributed by atoms with Crippen molar-refractivity contribution >= 4 is 21.6 Å². The molecule has 1 fully saturated rings. The van der Waals surface area contributed by atoms with Gasteiger partial charge in [-0.2, -0.15) is 0 Å². The lowest BCUT2D eigenvalue weighted by Gasteiger charge is -2.33. The van der Waals surface area contributed by atoms with Crippen LogP contribution in [-0.4, -0.2) is 38.9 Å². The number of piperidine rings is 1. The van der Waals surface area contributed by atoms with E-state index in [0.717, 1.165) is 29.5 Å². The molecule has 0 bridgehead atoms. The van der Waals surface area contributed by atoms with Gasteiger partial charge in [-0.1, -0.05) is 36.8 Å². The highest BCUT2D eigenvalue weighted by Gasteiger charge is 2.31. The Bertz CT molecular complexity index is 984. The van der Waals surface area contributed by atoms with Gasteiger partial charge in [0.15, 0.2) is 0 Å². The number of likely N-dealkylation sites (tertiary alicyclic amines) is 1. The summed E-state index contributed by atoms with van der Waals surface area (Å²) in [5.41, 5.74) is 3.32. The van der Waals surface area contributed by atoms with Gasteiger partial charge in [0.25, 0.3) is 10.0 Å². The summed E-state index contributed by atoms with van der Waals surface area (Å²) >= 11 is 0. The van der Waals surface area contributed by atoms with Crippen LogP contribution in [0.1, 0.15) is 36.5 Å². The molecule has 0 aliphatic carbocycles. The Kier molecular flexibility index (Phi) is 6.32. The molecule has 1 aliphatic rings. The topological polar surface area (TPSA) is 57.7 Å². The number of anilines is 1. The molecule has 6 heteroatoms. The van der Waals surface area contributed by atoms with Gasteiger partial charge in [0, 0.05) is 13.1 Å². The van der Waals surface area contributed by atoms with Crippen molar-refractivity contribution in [2.45, 2.75) is 45.4 Å². The number of rotatable bonds is 5. The average molecular weight is 415 g/mol. The Hall–Kier alpha value is -2.34. The van der Waals surface area contributed by atoms with Crippen molar-refractivity contribution in [3.8, 4) is 0 Å². The van der Waals surface area contributed by atoms with Gasteiger partial charge in [0.05, 0.1) is 10.6 Å². The van der Waals surface area contributed by atoms with Crippen LogP contribution < -0.4 is 4.31 Å². The van der Waals surface area contributed by atoms with E-state index in [-0.39, 0.29) is 17.3 Å². The quantitative estimate of drug-likeness (QED) is 0.741. The standard InChI is InChI=1S/C23H30N2O3S/c1-17-8-11-21(12-9-17)29(27,28)25(22-14-18(2)7-10-20(22)4)16-23(26)24-13-5-6-19(3)15-24/h7-12,14,19H,5-6,13,15-16H2,1-4H3/t19-/m0/s1. The van der Waals surface area contributed by atoms with Crippen LogP contribution in [-0.2, 0) is 14.8 Å². The van der Waals surface area contributed by atoms with Gasteiger partial charge in [-0.3, -0.25) is 9.10 Å². The second-order valence-corrected chi connectivity index (χ2v) is 10.1. The fraction of sp³-hybridized carbons (Fsp3) is 0.435. The summed E-state index contributed by atoms with van der Waals surface area (Å²) in [5.74, 6) is 0.295. The Morgan fingerprint density at radius 3 is 2.38 bits per heavy atom. The van der Waals surface area contributed by atoms with Crippen LogP contribution in [0.5, 0.6) is 0 Å². The molecule has 3 rings (SSSR count). The first-order valence-corrected chi connectivity index (χ1v) is 11.6. The molecule has 0 saturated carbocycles. The molecule has 156 valence electrons. The Morgan fingerprint density at radius 2 is 1.72 bits per heavy atom. The van der Waals surface area contributed by atoms with Crippen molar-refractivity contribution in [2.75, 3.05) is 23.9 Å². The highest BCUT2D eigenvalue weighted by atomic mass is 32.2. The molecule has 5 nitrogen and oxygen atoms in total. The molecule has 2 aromatic carbocycles. The van der Waals surface area contributed by atoms with Crippen LogP contribution in [0.2, 0.25) is 0 Å². The average Bonchev–Trinajstić information content (AvgIpc) is 2.68. The number of nitrogens with zero attached hydrogens (tertiary/aromatic N) is 2. The molecule has 0 spiro atoms. The molecule has 1 aliphatic heterocycles. The largest absolute Gasteiger partial charge is 0.341 e. The minimum Gasteiger partial charge on any atom is -0.341 e. The number of benzene rings is 2. The number of hydrogen-bond donors (Lipinski definition) is 0. The van der Waals surface area contributed by atoms with Crippen LogP contribution in [0.4, 0.5) is 5.69 Å². The van der Waals surface area contributed by atoms with E-state index in [1.54, 1.807) is 29.2 Å². The summed E-state index contributed by atoms with van der Waals surface area (Å²) in [4.78, 5) is 15.1. The molecule has 29 heavy (non-hydrogen) atoms. The van der Waals surface area contributed by atoms with E-state index in [9.17, 15) is 13.2 Å². The van der Waals surface area contributed by atoms with E-state index in [1.165, 1.54) is 4.31 Å². The monoisotopic (exact) mass is 414 g/mol. The maximum atomic E-state index is 13.5. The SMILES string of the molecule is Cc1ccc(S(=O)(=O)N(CC(=O)N2CCC[C@H](C)C2)c2cc(C)ccc2C)cc1. The Labute approximate surface area is 174 Å². The van der Waals surface area contributed by atoms with Gasteiger partial charge in [-0.05, 0) is 68.9 Å². The number of carbonyl (C=O) groups is 1. The summed E-state index contributed by atoms with van der Waals surface area (Å²) < 4.78 is 28.4. The summed E-state index contributed by atoms with van der Waals surface area (Å²) in [5, 5.41) is 0. The van der Waals surface area contributed by atoms with E-state index in [0.29, 0.717) is 24.7 Å². The molecular weight excluding hydrogens is 384 g/mol. The number of sulfonamides is 1. The van der Waals surface area contributed by atoms with Crippen LogP contribution >= 0.6 is 0 Å². The zero-order valence-corrected chi connectivity index (χ0v) is 18.5. The van der Waals surface area contributed by atoms with E-state index in [4.69, 9.17) is 0 Å². The minimum absolute atomic E-state index is 0.145. The molecule has 0 aromatic heterocycles. The smallest absolute Gasteiger partial charge is 0.264 e. The van der Waals surface area contributed by atoms with E-state index in [1.807, 2.05) is 39.0 Å². The maximum Gasteiger partial charge on any atom is 0.264 e. The van der Waals surface area contributed by atoms with Crippen molar-refractivity contribution in [3.05, 3.63) is 59.2 Å². The fourth-order valence-corrected chi connectivity index (χ4v) is 5.23. The van der Waals surface area contributed by atoms with Gasteiger partial charge in [0.1, 0.15) is 6.54 Å². The first-order chi connectivity index (χ1) is 13.7. The molecule has 0 unspecified atom stereocenters. The highest BCUT2D eigenvalue weighted by molar-refractivity contribution is 7.92. The second kappa shape index (κ2) is 8.57. The van der Waals surface area contributed by atoms with Crippen molar-refractivity contribution < 1.29 is 13.2 Å². The molecular formula is C23H30N2O3S. The minimum atomic E-state index is -3.87. The molecule has 1 amide bonds. The van der Waals surface area contributed by atoms with Gasteiger partial charge in [0.2, 0.25) is 5.91 Å². The third-order valence-electron chi connectivity index (χ3n) is 5.53. The van der Waals surface area contributed by atoms with Gasteiger partial charge >= 0.3 is 0 Å². The molecule has 1 atom stereocenters. The van der Waals surface area contributed by atoms with Crippen molar-refractivity contribution in [1.82, 2.24) is 4.90 Å². The Balaban J connectivity index is 2.01. The van der Waals surface area contributed by atoms with Crippen molar-refractivity contribution in [1.29, 1.82) is 0 Å². The van der Waals surface area contributed by atoms with E-state index in [2.05, 4.69) is 6.92 Å². The molecule has 2 aromatic rings. The second-order valence-electron chi connectivity index (χ2n) is 8.20. The normalized spacial score (nSPS) is 17.2. The predicted molar refractivity (Wildman–Crippen MR) is 117 cm³/mol. The lowest BCUT2D eigenvalue weighted by atomic mass is 10.0. The van der Waals surface area contributed by atoms with Gasteiger partial charge in [-0.25, -0.2) is 8.42 Å². The molecule has 0 radical (unpaired) electrons. The summed E-state index contributed by atoms with van der Waals surface area (Å²) in [6, 6.07) is 12.5. The lowest BCUT2D eigenvalue weighted by molar-refractivity contribution is -0.131. The van der Waals surface area contributed by atoms with Gasteiger partial charge in [-0.15, -0.1) is 0 Å². The van der Waals surface area contributed by atoms with Crippen LogP contribution in [0.15, 0.2) is 47.4 Å². The third kappa shape index (κ3) is 4.81. The maximum absolute atomic E-state index is 13.5. The Morgan fingerprint density at radius 1 is 1.07 bits per heavy atom. The zero-order chi connectivity index (χ0) is 21.2. The predicted octanol–water partition coefficient (Wildman–Crippen LogP) is 4.07. The highest BCUT2D eigenvalue weighted by Crippen LogP contribution is 2.28. The van der Waals surface area contributed by atoms with Crippen molar-refractivity contribution in [2.24, 2.45) is 5.92 Å². The van der Waals surface area contributed by atoms with Crippen LogP contribution in [0.3, 0.4) is 0 Å². The molecule has 1 heterocycles. The summed E-state index contributed by atoms with van der Waals surface area (Å²) in [6.45, 7) is 9.03. The third-order valence-corrected chi connectivity index (χ3v) is 7.30. The first-order valence-electron chi connectivity index (χ1n) is 10.1. The molecule has 1 saturated heterocycles. The number of carbonyl (C=O) groups excluding carboxylic acids is 1. The number of hydrogen-bond acceptors (Lipinski definition) is 3. The zero-order valence-electron chi connectivity index (χ0n) is 17.7. The lowest BCUT2D eigenvalue weighted by Crippen LogP contribution is -2.46. The number of aryl methyl sites for hydroxylation is 3. The van der Waals surface area contributed by atoms with Gasteiger partial charge < -0.3 is 4.90 Å². The van der Waals surface area contributed by atoms with Crippen LogP contribution in [0, 0.1) is 26.7 Å². The van der Waals surface area contributed by atoms with Crippen LogP contribution in [0.25, 0.3) is 0 Å². The van der Waals surface area contributed by atoms with Crippen molar-refractivity contribution in [3.63, 3.8) is 0 Å².